The van der Waals surface area contributed by atoms with Crippen LogP contribution in [0.2, 0.25) is 0 Å². The topological polar surface area (TPSA) is 74.6 Å². The minimum Gasteiger partial charge on any atom is -0.264 e. The van der Waals surface area contributed by atoms with Crippen LogP contribution >= 0.6 is 0 Å². The second-order valence-electron chi connectivity index (χ2n) is 0.448. The van der Waals surface area contributed by atoms with Crippen LogP contribution in [0.3, 0.4) is 0 Å². The van der Waals surface area contributed by atoms with Gasteiger partial charge in [-0.3, -0.25) is 9.11 Å². The summed E-state index contributed by atoms with van der Waals surface area (Å²) in [6, 6.07) is 0. The Morgan fingerprint density at radius 2 is 1.14 bits per heavy atom. The van der Waals surface area contributed by atoms with Crippen molar-refractivity contribution in [2.24, 2.45) is 0 Å². The smallest absolute Gasteiger partial charge is 0.264 e. The van der Waals surface area contributed by atoms with E-state index < -0.39 is 10.4 Å². The molecule has 4 nitrogen and oxygen atoms in total. The molecular formula is H2O4STiZr. The van der Waals surface area contributed by atoms with E-state index in [1.54, 1.807) is 0 Å². The monoisotopic (exact) mass is 236 g/mol. The maximum absolute atomic E-state index is 8.74. The van der Waals surface area contributed by atoms with Gasteiger partial charge in [0.25, 0.3) is 0 Å². The predicted molar refractivity (Wildman–Crippen MR) is 14.2 cm³/mol. The minimum atomic E-state index is -4.67. The third-order valence-electron chi connectivity index (χ3n) is 0. The van der Waals surface area contributed by atoms with Gasteiger partial charge in [0.15, 0.2) is 0 Å². The maximum Gasteiger partial charge on any atom is 0.394 e. The molecule has 0 saturated carbocycles. The Labute approximate surface area is 75.3 Å². The Kier molecular flexibility index (Phi) is 12.6. The van der Waals surface area contributed by atoms with Gasteiger partial charge in [-0.05, 0) is 0 Å². The van der Waals surface area contributed by atoms with E-state index in [9.17, 15) is 0 Å². The molecule has 7 heteroatoms. The predicted octanol–water partition coefficient (Wildman–Crippen LogP) is -0.658. The van der Waals surface area contributed by atoms with Crippen molar-refractivity contribution >= 4 is 10.4 Å². The minimum absolute atomic E-state index is 0. The first-order valence-corrected chi connectivity index (χ1v) is 2.10. The molecule has 0 amide bonds. The van der Waals surface area contributed by atoms with Gasteiger partial charge in [-0.1, -0.05) is 0 Å². The normalized spacial score (nSPS) is 8.29. The molecule has 7 heavy (non-hydrogen) atoms. The van der Waals surface area contributed by atoms with Crippen molar-refractivity contribution in [2.75, 3.05) is 0 Å². The van der Waals surface area contributed by atoms with Gasteiger partial charge in [-0.25, -0.2) is 0 Å². The SMILES string of the molecule is O=S(=O)(O)O.[Ti].[Zr]. The third-order valence-corrected chi connectivity index (χ3v) is 0. The summed E-state index contributed by atoms with van der Waals surface area (Å²) in [5.74, 6) is 0. The van der Waals surface area contributed by atoms with Gasteiger partial charge in [-0.2, -0.15) is 8.42 Å². The molecule has 0 spiro atoms. The number of hydrogen-bond donors (Lipinski definition) is 2. The van der Waals surface area contributed by atoms with Crippen molar-refractivity contribution < 1.29 is 65.4 Å². The first-order chi connectivity index (χ1) is 2.00. The van der Waals surface area contributed by atoms with E-state index in [2.05, 4.69) is 0 Å². The molecule has 0 saturated heterocycles. The van der Waals surface area contributed by atoms with E-state index in [-0.39, 0.29) is 47.9 Å². The number of hydrogen-bond acceptors (Lipinski definition) is 2. The van der Waals surface area contributed by atoms with Crippen molar-refractivity contribution in [3.63, 3.8) is 0 Å². The molecule has 0 radical (unpaired) electrons. The molecule has 0 fully saturated rings. The fraction of sp³-hybridized carbons (Fsp3) is 0. The van der Waals surface area contributed by atoms with Crippen LogP contribution in [0.4, 0.5) is 0 Å². The second-order valence-corrected chi connectivity index (χ2v) is 1.34. The summed E-state index contributed by atoms with van der Waals surface area (Å²) in [5.41, 5.74) is 0. The van der Waals surface area contributed by atoms with E-state index >= 15 is 0 Å². The summed E-state index contributed by atoms with van der Waals surface area (Å²) in [6.45, 7) is 0. The van der Waals surface area contributed by atoms with Gasteiger partial charge in [0, 0.05) is 47.9 Å². The molecule has 0 rings (SSSR count). The van der Waals surface area contributed by atoms with Gasteiger partial charge in [0.2, 0.25) is 0 Å². The van der Waals surface area contributed by atoms with Crippen LogP contribution in [-0.4, -0.2) is 17.5 Å². The summed E-state index contributed by atoms with van der Waals surface area (Å²) in [4.78, 5) is 0. The maximum atomic E-state index is 8.74. The quantitative estimate of drug-likeness (QED) is 0.433. The average molecular weight is 237 g/mol. The summed E-state index contributed by atoms with van der Waals surface area (Å²) >= 11 is 0. The molecule has 0 aliphatic carbocycles. The molecule has 0 aromatic rings. The van der Waals surface area contributed by atoms with Crippen LogP contribution in [-0.2, 0) is 58.3 Å². The first kappa shape index (κ1) is 15.8. The van der Waals surface area contributed by atoms with E-state index in [1.807, 2.05) is 0 Å². The molecule has 0 aliphatic rings. The second kappa shape index (κ2) is 5.60. The zero-order chi connectivity index (χ0) is 4.50. The Bertz CT molecular complexity index is 94.9. The summed E-state index contributed by atoms with van der Waals surface area (Å²) in [5, 5.41) is 0. The Hall–Kier alpha value is 1.47. The number of rotatable bonds is 0. The first-order valence-electron chi connectivity index (χ1n) is 0.698. The molecular weight excluding hydrogens is 235 g/mol. The van der Waals surface area contributed by atoms with Crippen molar-refractivity contribution in [3.8, 4) is 0 Å². The summed E-state index contributed by atoms with van der Waals surface area (Å²) in [7, 11) is -4.67. The van der Waals surface area contributed by atoms with E-state index in [1.165, 1.54) is 0 Å². The van der Waals surface area contributed by atoms with E-state index in [4.69, 9.17) is 17.5 Å². The fourth-order valence-corrected chi connectivity index (χ4v) is 0. The molecule has 0 bridgehead atoms. The van der Waals surface area contributed by atoms with Crippen molar-refractivity contribution in [2.45, 2.75) is 0 Å². The molecule has 0 aromatic carbocycles. The van der Waals surface area contributed by atoms with Crippen LogP contribution in [0.15, 0.2) is 0 Å². The Balaban J connectivity index is -0.0000000800. The van der Waals surface area contributed by atoms with Crippen LogP contribution < -0.4 is 0 Å². The van der Waals surface area contributed by atoms with Crippen molar-refractivity contribution in [3.05, 3.63) is 0 Å². The zero-order valence-corrected chi connectivity index (χ0v) is 7.96. The van der Waals surface area contributed by atoms with Crippen LogP contribution in [0.5, 0.6) is 0 Å². The van der Waals surface area contributed by atoms with Crippen molar-refractivity contribution in [1.29, 1.82) is 0 Å². The van der Waals surface area contributed by atoms with Gasteiger partial charge in [0.1, 0.15) is 0 Å². The van der Waals surface area contributed by atoms with E-state index in [0.29, 0.717) is 0 Å². The van der Waals surface area contributed by atoms with Crippen LogP contribution in [0.25, 0.3) is 0 Å². The van der Waals surface area contributed by atoms with Gasteiger partial charge >= 0.3 is 10.4 Å². The third kappa shape index (κ3) is 104. The fourth-order valence-electron chi connectivity index (χ4n) is 0. The largest absolute Gasteiger partial charge is 0.394 e. The molecule has 0 aliphatic heterocycles. The molecule has 0 heterocycles. The average Bonchev–Trinajstić information content (AvgIpc) is 0.722. The van der Waals surface area contributed by atoms with Gasteiger partial charge < -0.3 is 0 Å². The molecule has 0 unspecified atom stereocenters. The summed E-state index contributed by atoms with van der Waals surface area (Å²) in [6.07, 6.45) is 0. The Morgan fingerprint density at radius 3 is 1.14 bits per heavy atom. The van der Waals surface area contributed by atoms with E-state index in [0.717, 1.165) is 0 Å². The van der Waals surface area contributed by atoms with Gasteiger partial charge in [0.05, 0.1) is 0 Å². The Morgan fingerprint density at radius 1 is 1.14 bits per heavy atom. The van der Waals surface area contributed by atoms with Gasteiger partial charge in [-0.15, -0.1) is 0 Å². The van der Waals surface area contributed by atoms with Crippen molar-refractivity contribution in [1.82, 2.24) is 0 Å². The standard InChI is InChI=1S/H2O4S.Ti.Zr/c1-5(2,3)4;;/h(H2,1,2,3,4);;. The zero-order valence-electron chi connectivity index (χ0n) is 3.12. The van der Waals surface area contributed by atoms with Crippen LogP contribution in [0, 0.1) is 0 Å². The molecule has 0 aromatic heterocycles. The van der Waals surface area contributed by atoms with Crippen LogP contribution in [0.1, 0.15) is 0 Å². The summed E-state index contributed by atoms with van der Waals surface area (Å²) < 4.78 is 31.6. The molecule has 2 N–H and O–H groups in total. The molecule has 0 atom stereocenters. The molecule has 40 valence electrons.